The highest BCUT2D eigenvalue weighted by Gasteiger charge is 2.52. The number of hydrogen-bond donors (Lipinski definition) is 0. The Bertz CT molecular complexity index is 477. The van der Waals surface area contributed by atoms with Gasteiger partial charge in [0.1, 0.15) is 5.82 Å². The topological polar surface area (TPSA) is 18.5 Å². The molecule has 2 rings (SSSR count). The van der Waals surface area contributed by atoms with E-state index in [0.717, 1.165) is 0 Å². The zero-order chi connectivity index (χ0) is 13.7. The molecule has 6 heteroatoms. The minimum absolute atomic E-state index is 0.233. The molecule has 0 N–H and O–H groups in total. The van der Waals surface area contributed by atoms with Gasteiger partial charge in [-0.1, -0.05) is 17.7 Å². The van der Waals surface area contributed by atoms with Crippen molar-refractivity contribution < 1.29 is 13.7 Å². The monoisotopic (exact) mass is 334 g/mol. The lowest BCUT2D eigenvalue weighted by molar-refractivity contribution is 0.00578. The first-order valence-corrected chi connectivity index (χ1v) is 6.82. The van der Waals surface area contributed by atoms with E-state index in [1.54, 1.807) is 6.07 Å². The van der Waals surface area contributed by atoms with Gasteiger partial charge in [0, 0.05) is 5.46 Å². The summed E-state index contributed by atoms with van der Waals surface area (Å²) in [6, 6.07) is 2.93. The molecular weight excluding hydrogens is 321 g/mol. The van der Waals surface area contributed by atoms with E-state index in [1.165, 1.54) is 6.07 Å². The molecule has 0 amide bonds. The lowest BCUT2D eigenvalue weighted by atomic mass is 9.79. The van der Waals surface area contributed by atoms with Crippen molar-refractivity contribution in [3.63, 3.8) is 0 Å². The molecule has 1 heterocycles. The Kier molecular flexibility index (Phi) is 3.56. The van der Waals surface area contributed by atoms with E-state index in [4.69, 9.17) is 20.9 Å². The van der Waals surface area contributed by atoms with E-state index < -0.39 is 24.1 Å². The van der Waals surface area contributed by atoms with Gasteiger partial charge in [-0.3, -0.25) is 0 Å². The second kappa shape index (κ2) is 4.48. The highest BCUT2D eigenvalue weighted by molar-refractivity contribution is 9.10. The second-order valence-corrected chi connectivity index (χ2v) is 6.52. The van der Waals surface area contributed by atoms with Crippen molar-refractivity contribution in [2.45, 2.75) is 38.9 Å². The van der Waals surface area contributed by atoms with Gasteiger partial charge < -0.3 is 9.31 Å². The zero-order valence-electron chi connectivity index (χ0n) is 10.7. The van der Waals surface area contributed by atoms with Gasteiger partial charge in [0.05, 0.1) is 20.7 Å². The third-order valence-corrected chi connectivity index (χ3v) is 4.98. The first-order valence-electron chi connectivity index (χ1n) is 5.65. The minimum atomic E-state index is -0.584. The van der Waals surface area contributed by atoms with Gasteiger partial charge >= 0.3 is 7.12 Å². The van der Waals surface area contributed by atoms with Crippen LogP contribution in [0, 0.1) is 5.82 Å². The first-order chi connectivity index (χ1) is 8.16. The zero-order valence-corrected chi connectivity index (χ0v) is 13.0. The Morgan fingerprint density at radius 1 is 1.17 bits per heavy atom. The van der Waals surface area contributed by atoms with Crippen molar-refractivity contribution in [3.8, 4) is 0 Å². The molecule has 1 aliphatic rings. The lowest BCUT2D eigenvalue weighted by Gasteiger charge is -2.32. The maximum atomic E-state index is 13.3. The SMILES string of the molecule is CC1(C)OB(c2ccc(F)c(Br)c2Cl)OC1(C)C. The molecule has 18 heavy (non-hydrogen) atoms. The third kappa shape index (κ3) is 2.22. The summed E-state index contributed by atoms with van der Waals surface area (Å²) in [5.41, 5.74) is -0.257. The first kappa shape index (κ1) is 14.3. The number of rotatable bonds is 1. The van der Waals surface area contributed by atoms with E-state index in [1.807, 2.05) is 27.7 Å². The standard InChI is InChI=1S/C12H14BBrClFO2/c1-11(2)12(3,4)18-13(17-11)7-5-6-8(16)9(14)10(7)15/h5-6H,1-4H3. The molecule has 0 aromatic heterocycles. The van der Waals surface area contributed by atoms with E-state index in [-0.39, 0.29) is 9.50 Å². The molecule has 0 unspecified atom stereocenters. The maximum absolute atomic E-state index is 13.3. The van der Waals surface area contributed by atoms with Crippen molar-refractivity contribution in [3.05, 3.63) is 27.4 Å². The molecule has 2 nitrogen and oxygen atoms in total. The van der Waals surface area contributed by atoms with Crippen LogP contribution in [0.5, 0.6) is 0 Å². The van der Waals surface area contributed by atoms with Crippen LogP contribution in [0.15, 0.2) is 16.6 Å². The summed E-state index contributed by atoms with van der Waals surface area (Å²) in [5.74, 6) is -0.403. The molecule has 1 aliphatic heterocycles. The summed E-state index contributed by atoms with van der Waals surface area (Å²) < 4.78 is 25.3. The van der Waals surface area contributed by atoms with Gasteiger partial charge in [-0.25, -0.2) is 4.39 Å². The molecule has 0 atom stereocenters. The molecule has 0 aliphatic carbocycles. The van der Waals surface area contributed by atoms with E-state index in [9.17, 15) is 4.39 Å². The van der Waals surface area contributed by atoms with Gasteiger partial charge in [0.15, 0.2) is 0 Å². The minimum Gasteiger partial charge on any atom is -0.399 e. The van der Waals surface area contributed by atoms with Crippen LogP contribution < -0.4 is 5.46 Å². The molecule has 0 saturated carbocycles. The summed E-state index contributed by atoms with van der Waals surface area (Å²) in [4.78, 5) is 0. The Hall–Kier alpha value is -0.0951. The summed E-state index contributed by atoms with van der Waals surface area (Å²) in [5, 5.41) is 0.286. The van der Waals surface area contributed by atoms with Crippen LogP contribution in [0.1, 0.15) is 27.7 Å². The molecule has 0 radical (unpaired) electrons. The Morgan fingerprint density at radius 2 is 1.67 bits per heavy atom. The van der Waals surface area contributed by atoms with Crippen LogP contribution in [-0.4, -0.2) is 18.3 Å². The van der Waals surface area contributed by atoms with Crippen LogP contribution in [0.25, 0.3) is 0 Å². The van der Waals surface area contributed by atoms with E-state index >= 15 is 0 Å². The van der Waals surface area contributed by atoms with Gasteiger partial charge in [-0.15, -0.1) is 0 Å². The fraction of sp³-hybridized carbons (Fsp3) is 0.500. The Morgan fingerprint density at radius 3 is 2.17 bits per heavy atom. The number of hydrogen-bond acceptors (Lipinski definition) is 2. The van der Waals surface area contributed by atoms with Crippen molar-refractivity contribution in [2.24, 2.45) is 0 Å². The molecule has 98 valence electrons. The largest absolute Gasteiger partial charge is 0.496 e. The predicted octanol–water partition coefficient (Wildman–Crippen LogP) is 3.54. The van der Waals surface area contributed by atoms with Gasteiger partial charge in [0.25, 0.3) is 0 Å². The fourth-order valence-corrected chi connectivity index (χ4v) is 2.30. The van der Waals surface area contributed by atoms with E-state index in [2.05, 4.69) is 15.9 Å². The lowest BCUT2D eigenvalue weighted by Crippen LogP contribution is -2.41. The van der Waals surface area contributed by atoms with Crippen LogP contribution >= 0.6 is 27.5 Å². The number of halogens is 3. The summed E-state index contributed by atoms with van der Waals surface area (Å²) in [7, 11) is -0.584. The Labute approximate surface area is 120 Å². The highest BCUT2D eigenvalue weighted by Crippen LogP contribution is 2.37. The van der Waals surface area contributed by atoms with Gasteiger partial charge in [-0.05, 0) is 49.7 Å². The van der Waals surface area contributed by atoms with Gasteiger partial charge in [0.2, 0.25) is 0 Å². The molecule has 1 aromatic carbocycles. The average molecular weight is 335 g/mol. The van der Waals surface area contributed by atoms with Crippen molar-refractivity contribution in [1.29, 1.82) is 0 Å². The molecule has 1 saturated heterocycles. The molecule has 1 aromatic rings. The Balaban J connectivity index is 2.39. The van der Waals surface area contributed by atoms with Crippen LogP contribution in [-0.2, 0) is 9.31 Å². The predicted molar refractivity (Wildman–Crippen MR) is 74.8 cm³/mol. The van der Waals surface area contributed by atoms with Crippen molar-refractivity contribution in [1.82, 2.24) is 0 Å². The molecule has 0 spiro atoms. The highest BCUT2D eigenvalue weighted by atomic mass is 79.9. The van der Waals surface area contributed by atoms with Crippen molar-refractivity contribution >= 4 is 40.1 Å². The van der Waals surface area contributed by atoms with Crippen LogP contribution in [0.4, 0.5) is 4.39 Å². The van der Waals surface area contributed by atoms with Crippen molar-refractivity contribution in [2.75, 3.05) is 0 Å². The molecular formula is C12H14BBrClFO2. The molecule has 0 bridgehead atoms. The van der Waals surface area contributed by atoms with Gasteiger partial charge in [-0.2, -0.15) is 0 Å². The average Bonchev–Trinajstić information content (AvgIpc) is 2.45. The maximum Gasteiger partial charge on any atom is 0.496 e. The summed E-state index contributed by atoms with van der Waals surface area (Å²) in [6.07, 6.45) is 0. The smallest absolute Gasteiger partial charge is 0.399 e. The molecule has 1 fully saturated rings. The van der Waals surface area contributed by atoms with Crippen LogP contribution in [0.3, 0.4) is 0 Å². The van der Waals surface area contributed by atoms with Crippen LogP contribution in [0.2, 0.25) is 5.02 Å². The quantitative estimate of drug-likeness (QED) is 0.577. The second-order valence-electron chi connectivity index (χ2n) is 5.35. The fourth-order valence-electron chi connectivity index (χ4n) is 1.69. The summed E-state index contributed by atoms with van der Waals surface area (Å²) >= 11 is 9.23. The number of benzene rings is 1. The van der Waals surface area contributed by atoms with E-state index in [0.29, 0.717) is 5.46 Å². The summed E-state index contributed by atoms with van der Waals surface area (Å²) in [6.45, 7) is 7.83. The normalized spacial score (nSPS) is 21.4. The third-order valence-electron chi connectivity index (χ3n) is 3.57.